The predicted octanol–water partition coefficient (Wildman–Crippen LogP) is 7.24. The Morgan fingerprint density at radius 2 is 1.75 bits per heavy atom. The lowest BCUT2D eigenvalue weighted by Crippen LogP contribution is -2.52. The molecule has 4 aliphatic heterocycles. The molecule has 7 rings (SSSR count). The first-order valence-corrected chi connectivity index (χ1v) is 23.4. The van der Waals surface area contributed by atoms with Crippen LogP contribution in [0, 0.1) is 5.92 Å². The smallest absolute Gasteiger partial charge is 0.414 e. The molecule has 57 heavy (non-hydrogen) atoms. The van der Waals surface area contributed by atoms with Crippen LogP contribution in [0.5, 0.6) is 5.75 Å². The first kappa shape index (κ1) is 40.5. The Balaban J connectivity index is 1.31. The summed E-state index contributed by atoms with van der Waals surface area (Å²) >= 11 is 0. The fraction of sp³-hybridized carbons (Fsp3) is 0.457. The van der Waals surface area contributed by atoms with Gasteiger partial charge >= 0.3 is 6.09 Å². The zero-order chi connectivity index (χ0) is 40.6. The van der Waals surface area contributed by atoms with Crippen molar-refractivity contribution in [1.82, 2.24) is 4.90 Å². The largest absolute Gasteiger partial charge is 0.497 e. The number of anilines is 2. The number of carbonyl (C=O) groups excluding carboxylic acids is 3. The highest BCUT2D eigenvalue weighted by molar-refractivity contribution is 6.91. The number of nitrogens with zero attached hydrogens (tertiary/aromatic N) is 3. The molecule has 0 bridgehead atoms. The molecule has 2 fully saturated rings. The number of allylic oxidation sites excluding steroid dienone is 3. The molecule has 0 saturated carbocycles. The van der Waals surface area contributed by atoms with E-state index in [0.717, 1.165) is 35.4 Å². The second-order valence-corrected chi connectivity index (χ2v) is 21.6. The number of aliphatic hydroxyl groups excluding tert-OH is 1. The van der Waals surface area contributed by atoms with Crippen molar-refractivity contribution in [2.75, 3.05) is 43.2 Å². The average Bonchev–Trinajstić information content (AvgIpc) is 3.84. The van der Waals surface area contributed by atoms with Gasteiger partial charge in [0.25, 0.3) is 5.91 Å². The van der Waals surface area contributed by atoms with Crippen LogP contribution < -0.4 is 19.7 Å². The first-order valence-electron chi connectivity index (χ1n) is 20.3. The van der Waals surface area contributed by atoms with E-state index in [1.807, 2.05) is 53.4 Å². The molecule has 3 aromatic carbocycles. The maximum Gasteiger partial charge on any atom is 0.414 e. The number of hydrogen-bond donors (Lipinski definition) is 1. The van der Waals surface area contributed by atoms with E-state index in [0.29, 0.717) is 43.9 Å². The van der Waals surface area contributed by atoms with Gasteiger partial charge in [-0.3, -0.25) is 14.5 Å². The molecule has 3 amide bonds. The van der Waals surface area contributed by atoms with Gasteiger partial charge in [-0.25, -0.2) is 4.79 Å². The van der Waals surface area contributed by atoms with Crippen LogP contribution in [0.3, 0.4) is 0 Å². The van der Waals surface area contributed by atoms with Gasteiger partial charge in [0.1, 0.15) is 12.4 Å². The van der Waals surface area contributed by atoms with Gasteiger partial charge in [0.15, 0.2) is 5.60 Å². The maximum atomic E-state index is 15.4. The predicted molar refractivity (Wildman–Crippen MR) is 226 cm³/mol. The number of methoxy groups -OCH3 is 1. The van der Waals surface area contributed by atoms with Gasteiger partial charge in [0.2, 0.25) is 5.91 Å². The monoisotopic (exact) mass is 791 g/mol. The molecule has 1 spiro atoms. The zero-order valence-electron chi connectivity index (χ0n) is 34.4. The highest BCUT2D eigenvalue weighted by Crippen LogP contribution is 2.60. The minimum Gasteiger partial charge on any atom is -0.497 e. The third kappa shape index (κ3) is 7.45. The molecule has 3 aromatic rings. The van der Waals surface area contributed by atoms with Gasteiger partial charge in [0, 0.05) is 30.3 Å². The van der Waals surface area contributed by atoms with Crippen LogP contribution in [0.1, 0.15) is 63.6 Å². The summed E-state index contributed by atoms with van der Waals surface area (Å²) in [5, 5.41) is 11.7. The molecular formula is C46H57N3O7Si. The number of cyclic esters (lactones) is 1. The van der Waals surface area contributed by atoms with E-state index >= 15 is 4.79 Å². The minimum atomic E-state index is -2.56. The Hall–Kier alpha value is -4.71. The van der Waals surface area contributed by atoms with E-state index in [1.54, 1.807) is 16.9 Å². The number of benzene rings is 3. The summed E-state index contributed by atoms with van der Waals surface area (Å²) in [5.41, 5.74) is 5.22. The number of carbonyl (C=O) groups is 3. The molecule has 5 atom stereocenters. The summed E-state index contributed by atoms with van der Waals surface area (Å²) in [6, 6.07) is 21.7. The Labute approximate surface area is 338 Å². The second-order valence-electron chi connectivity index (χ2n) is 16.9. The number of ether oxygens (including phenoxy) is 3. The summed E-state index contributed by atoms with van der Waals surface area (Å²) in [5.74, 6) is 0.164. The maximum absolute atomic E-state index is 15.4. The second kappa shape index (κ2) is 16.3. The van der Waals surface area contributed by atoms with Gasteiger partial charge in [-0.2, -0.15) is 0 Å². The number of rotatable bonds is 12. The molecule has 0 unspecified atom stereocenters. The van der Waals surface area contributed by atoms with Gasteiger partial charge < -0.3 is 29.1 Å². The summed E-state index contributed by atoms with van der Waals surface area (Å²) in [6.45, 7) is 14.3. The van der Waals surface area contributed by atoms with Crippen molar-refractivity contribution >= 4 is 42.5 Å². The van der Waals surface area contributed by atoms with Crippen LogP contribution in [0.15, 0.2) is 90.0 Å². The van der Waals surface area contributed by atoms with E-state index in [9.17, 15) is 14.7 Å². The van der Waals surface area contributed by atoms with E-state index in [-0.39, 0.29) is 42.3 Å². The highest BCUT2D eigenvalue weighted by atomic mass is 28.3. The molecule has 10 nitrogen and oxygen atoms in total. The topological polar surface area (TPSA) is 109 Å². The van der Waals surface area contributed by atoms with E-state index < -0.39 is 25.9 Å². The molecule has 2 saturated heterocycles. The van der Waals surface area contributed by atoms with Crippen LogP contribution in [-0.2, 0) is 37.6 Å². The minimum absolute atomic E-state index is 0.0616. The third-order valence-corrected chi connectivity index (χ3v) is 17.2. The van der Waals surface area contributed by atoms with Gasteiger partial charge in [0.05, 0.1) is 52.6 Å². The normalized spacial score (nSPS) is 24.5. The lowest BCUT2D eigenvalue weighted by molar-refractivity contribution is -0.150. The summed E-state index contributed by atoms with van der Waals surface area (Å²) in [7, 11) is -0.906. The fourth-order valence-corrected chi connectivity index (χ4v) is 13.8. The van der Waals surface area contributed by atoms with Gasteiger partial charge in [-0.1, -0.05) is 84.9 Å². The van der Waals surface area contributed by atoms with Crippen LogP contribution >= 0.6 is 0 Å². The SMILES string of the molecule is COc1ccc([Si](C)(C)[C@@H]2[C@@H](CC(=O)N3Cc4ccccc4C[C@H]3CO)O[C@]3(C(=O)N(C/C=C(\C)CCC=C(C)C)c4ccc(N5CCOC5=O)cc43)[C@H]2C)cc1. The van der Waals surface area contributed by atoms with Crippen molar-refractivity contribution in [2.45, 2.75) is 96.3 Å². The first-order chi connectivity index (χ1) is 27.3. The third-order valence-electron chi connectivity index (χ3n) is 12.9. The molecule has 11 heteroatoms. The molecule has 0 aromatic heterocycles. The van der Waals surface area contributed by atoms with Gasteiger partial charge in [-0.15, -0.1) is 0 Å². The van der Waals surface area contributed by atoms with Crippen molar-refractivity contribution in [2.24, 2.45) is 5.92 Å². The number of amides is 3. The zero-order valence-corrected chi connectivity index (χ0v) is 35.4. The Bertz CT molecular complexity index is 2080. The Kier molecular flexibility index (Phi) is 11.6. The standard InChI is InChI=1S/C46H57N3O7Si/c1-30(2)11-10-12-31(3)21-22-48-40-20-15-35(47-23-24-55-45(47)53)26-39(40)46(44(48)52)32(4)43(57(6,7)38-18-16-37(54-5)17-19-38)41(56-46)27-42(51)49-28-34-14-9-8-13-33(34)25-36(49)29-50/h8-9,11,13-21,26,32,36,41,43,50H,10,12,22-25,27-29H2,1-7H3/b31-21+/t32-,36-,41+,43-,46+/m0/s1. The van der Waals surface area contributed by atoms with Crippen molar-refractivity contribution in [3.63, 3.8) is 0 Å². The van der Waals surface area contributed by atoms with Crippen LogP contribution in [-0.4, -0.2) is 81.5 Å². The summed E-state index contributed by atoms with van der Waals surface area (Å²) in [6.07, 6.45) is 5.78. The van der Waals surface area contributed by atoms with Crippen molar-refractivity contribution in [1.29, 1.82) is 0 Å². The quantitative estimate of drug-likeness (QED) is 0.152. The average molecular weight is 792 g/mol. The highest BCUT2D eigenvalue weighted by Gasteiger charge is 2.66. The van der Waals surface area contributed by atoms with Crippen LogP contribution in [0.25, 0.3) is 0 Å². The molecular weight excluding hydrogens is 735 g/mol. The number of hydrogen-bond acceptors (Lipinski definition) is 7. The lowest BCUT2D eigenvalue weighted by atomic mass is 9.82. The van der Waals surface area contributed by atoms with E-state index in [4.69, 9.17) is 14.2 Å². The van der Waals surface area contributed by atoms with Crippen molar-refractivity contribution < 1.29 is 33.7 Å². The Morgan fingerprint density at radius 3 is 2.42 bits per heavy atom. The summed E-state index contributed by atoms with van der Waals surface area (Å²) in [4.78, 5) is 48.1. The molecule has 4 heterocycles. The number of fused-ring (bicyclic) bond motifs is 3. The fourth-order valence-electron chi connectivity index (χ4n) is 9.75. The molecule has 0 radical (unpaired) electrons. The van der Waals surface area contributed by atoms with Crippen LogP contribution in [0.4, 0.5) is 16.2 Å². The molecule has 302 valence electrons. The molecule has 4 aliphatic rings. The Morgan fingerprint density at radius 1 is 1.02 bits per heavy atom. The summed E-state index contributed by atoms with van der Waals surface area (Å²) < 4.78 is 18.2. The van der Waals surface area contributed by atoms with Crippen molar-refractivity contribution in [3.05, 3.63) is 107 Å². The van der Waals surface area contributed by atoms with Crippen molar-refractivity contribution in [3.8, 4) is 5.75 Å². The van der Waals surface area contributed by atoms with E-state index in [2.05, 4.69) is 71.1 Å². The molecule has 0 aliphatic carbocycles. The number of aliphatic hydroxyl groups is 1. The van der Waals surface area contributed by atoms with E-state index in [1.165, 1.54) is 16.3 Å². The molecule has 1 N–H and O–H groups in total. The van der Waals surface area contributed by atoms with Crippen LogP contribution in [0.2, 0.25) is 18.6 Å². The lowest BCUT2D eigenvalue weighted by Gasteiger charge is -2.39. The van der Waals surface area contributed by atoms with Gasteiger partial charge in [-0.05, 0) is 87.0 Å².